The Morgan fingerprint density at radius 3 is 2.14 bits per heavy atom. The molecule has 0 radical (unpaired) electrons. The average Bonchev–Trinajstić information content (AvgIpc) is 2.71. The number of halogens is 1. The number of benzene rings is 1. The first kappa shape index (κ1) is 23.0. The fraction of sp³-hybridized carbons (Fsp3) is 0.682. The summed E-state index contributed by atoms with van der Waals surface area (Å²) in [7, 11) is 0. The molecule has 1 fully saturated rings. The highest BCUT2D eigenvalue weighted by Gasteiger charge is 2.16. The SMILES string of the molecule is CCCCCCNC(=O)NCCCN1CCN(CCc2ccc(Cl)cc2)CC1. The molecule has 1 aliphatic heterocycles. The van der Waals surface area contributed by atoms with Crippen LogP contribution < -0.4 is 10.6 Å². The molecule has 2 N–H and O–H groups in total. The van der Waals surface area contributed by atoms with Gasteiger partial charge in [-0.25, -0.2) is 4.79 Å². The van der Waals surface area contributed by atoms with Crippen molar-refractivity contribution in [2.45, 2.75) is 45.4 Å². The van der Waals surface area contributed by atoms with Gasteiger partial charge in [0.25, 0.3) is 0 Å². The van der Waals surface area contributed by atoms with Crippen LogP contribution in [-0.4, -0.2) is 68.2 Å². The third-order valence-electron chi connectivity index (χ3n) is 5.35. The van der Waals surface area contributed by atoms with Crippen LogP contribution in [0.4, 0.5) is 4.79 Å². The zero-order valence-corrected chi connectivity index (χ0v) is 18.1. The van der Waals surface area contributed by atoms with Crippen molar-refractivity contribution in [3.8, 4) is 0 Å². The number of amides is 2. The number of urea groups is 1. The van der Waals surface area contributed by atoms with Gasteiger partial charge in [0.15, 0.2) is 0 Å². The van der Waals surface area contributed by atoms with Gasteiger partial charge in [-0.15, -0.1) is 0 Å². The van der Waals surface area contributed by atoms with E-state index in [1.807, 2.05) is 12.1 Å². The zero-order chi connectivity index (χ0) is 20.0. The fourth-order valence-corrected chi connectivity index (χ4v) is 3.62. The monoisotopic (exact) mass is 408 g/mol. The minimum atomic E-state index is -0.0245. The molecule has 0 atom stereocenters. The van der Waals surface area contributed by atoms with Gasteiger partial charge in [0.1, 0.15) is 0 Å². The van der Waals surface area contributed by atoms with Crippen LogP contribution in [0, 0.1) is 0 Å². The molecule has 1 aliphatic rings. The topological polar surface area (TPSA) is 47.6 Å². The van der Waals surface area contributed by atoms with Gasteiger partial charge in [0.05, 0.1) is 0 Å². The molecule has 0 aliphatic carbocycles. The predicted octanol–water partition coefficient (Wildman–Crippen LogP) is 3.77. The Balaban J connectivity index is 1.46. The highest BCUT2D eigenvalue weighted by molar-refractivity contribution is 6.30. The number of unbranched alkanes of at least 4 members (excludes halogenated alkanes) is 3. The van der Waals surface area contributed by atoms with Crippen molar-refractivity contribution >= 4 is 17.6 Å². The molecule has 1 aromatic rings. The van der Waals surface area contributed by atoms with Gasteiger partial charge in [-0.1, -0.05) is 49.9 Å². The molecular weight excluding hydrogens is 372 g/mol. The van der Waals surface area contributed by atoms with E-state index >= 15 is 0 Å². The Hall–Kier alpha value is -1.30. The summed E-state index contributed by atoms with van der Waals surface area (Å²) in [5.41, 5.74) is 1.35. The second-order valence-corrected chi connectivity index (χ2v) is 8.09. The number of hydrogen-bond acceptors (Lipinski definition) is 3. The van der Waals surface area contributed by atoms with Crippen LogP contribution in [0.15, 0.2) is 24.3 Å². The standard InChI is InChI=1S/C22H37ClN4O/c1-2-3-4-5-12-24-22(28)25-13-6-14-26-16-18-27(19-17-26)15-11-20-7-9-21(23)10-8-20/h7-10H,2-6,11-19H2,1H3,(H2,24,25,28). The van der Waals surface area contributed by atoms with Crippen LogP contribution in [0.2, 0.25) is 5.02 Å². The first-order valence-corrected chi connectivity index (χ1v) is 11.3. The average molecular weight is 409 g/mol. The van der Waals surface area contributed by atoms with Gasteiger partial charge in [0, 0.05) is 50.8 Å². The molecule has 28 heavy (non-hydrogen) atoms. The van der Waals surface area contributed by atoms with Gasteiger partial charge >= 0.3 is 6.03 Å². The number of carbonyl (C=O) groups excluding carboxylic acids is 1. The molecular formula is C22H37ClN4O. The highest BCUT2D eigenvalue weighted by Crippen LogP contribution is 2.11. The lowest BCUT2D eigenvalue weighted by atomic mass is 10.1. The molecule has 2 rings (SSSR count). The summed E-state index contributed by atoms with van der Waals surface area (Å²) in [6, 6.07) is 8.15. The van der Waals surface area contributed by atoms with Crippen molar-refractivity contribution in [2.75, 3.05) is 52.4 Å². The third-order valence-corrected chi connectivity index (χ3v) is 5.60. The van der Waals surface area contributed by atoms with Gasteiger partial charge in [-0.3, -0.25) is 0 Å². The number of piperazine rings is 1. The molecule has 0 bridgehead atoms. The number of carbonyl (C=O) groups is 1. The minimum absolute atomic E-state index is 0.0245. The Kier molecular flexibility index (Phi) is 11.3. The molecule has 5 nitrogen and oxygen atoms in total. The largest absolute Gasteiger partial charge is 0.338 e. The predicted molar refractivity (Wildman–Crippen MR) is 118 cm³/mol. The van der Waals surface area contributed by atoms with E-state index in [1.54, 1.807) is 0 Å². The molecule has 1 saturated heterocycles. The van der Waals surface area contributed by atoms with Gasteiger partial charge in [0.2, 0.25) is 0 Å². The molecule has 0 saturated carbocycles. The van der Waals surface area contributed by atoms with E-state index in [4.69, 9.17) is 11.6 Å². The third kappa shape index (κ3) is 9.76. The van der Waals surface area contributed by atoms with Crippen LogP contribution >= 0.6 is 11.6 Å². The van der Waals surface area contributed by atoms with Gasteiger partial charge in [-0.2, -0.15) is 0 Å². The van der Waals surface area contributed by atoms with Gasteiger partial charge in [-0.05, 0) is 43.5 Å². The minimum Gasteiger partial charge on any atom is -0.338 e. The molecule has 1 aromatic carbocycles. The van der Waals surface area contributed by atoms with Crippen molar-refractivity contribution in [3.63, 3.8) is 0 Å². The lowest BCUT2D eigenvalue weighted by molar-refractivity contribution is 0.132. The second kappa shape index (κ2) is 13.8. The van der Waals surface area contributed by atoms with Gasteiger partial charge < -0.3 is 20.4 Å². The lowest BCUT2D eigenvalue weighted by Crippen LogP contribution is -2.47. The van der Waals surface area contributed by atoms with Crippen LogP contribution in [0.1, 0.15) is 44.6 Å². The van der Waals surface area contributed by atoms with Crippen LogP contribution in [0.25, 0.3) is 0 Å². The van der Waals surface area contributed by atoms with E-state index in [-0.39, 0.29) is 6.03 Å². The Bertz CT molecular complexity index is 544. The molecule has 0 aromatic heterocycles. The normalized spacial score (nSPS) is 15.5. The van der Waals surface area contributed by atoms with Crippen molar-refractivity contribution in [2.24, 2.45) is 0 Å². The van der Waals surface area contributed by atoms with E-state index in [0.717, 1.165) is 76.6 Å². The summed E-state index contributed by atoms with van der Waals surface area (Å²) < 4.78 is 0. The van der Waals surface area contributed by atoms with E-state index < -0.39 is 0 Å². The fourth-order valence-electron chi connectivity index (χ4n) is 3.50. The van der Waals surface area contributed by atoms with Crippen molar-refractivity contribution in [1.29, 1.82) is 0 Å². The summed E-state index contributed by atoms with van der Waals surface area (Å²) in [6.07, 6.45) is 6.83. The Labute approximate surface area is 175 Å². The summed E-state index contributed by atoms with van der Waals surface area (Å²) in [4.78, 5) is 16.8. The summed E-state index contributed by atoms with van der Waals surface area (Å²) in [6.45, 7) is 10.4. The molecule has 6 heteroatoms. The quantitative estimate of drug-likeness (QED) is 0.517. The van der Waals surface area contributed by atoms with E-state index in [9.17, 15) is 4.79 Å². The molecule has 2 amide bonds. The molecule has 158 valence electrons. The lowest BCUT2D eigenvalue weighted by Gasteiger charge is -2.34. The van der Waals surface area contributed by atoms with Crippen molar-refractivity contribution < 1.29 is 4.79 Å². The highest BCUT2D eigenvalue weighted by atomic mass is 35.5. The van der Waals surface area contributed by atoms with Crippen LogP contribution in [-0.2, 0) is 6.42 Å². The number of rotatable bonds is 12. The zero-order valence-electron chi connectivity index (χ0n) is 17.4. The maximum Gasteiger partial charge on any atom is 0.314 e. The van der Waals surface area contributed by atoms with Crippen LogP contribution in [0.5, 0.6) is 0 Å². The van der Waals surface area contributed by atoms with E-state index in [1.165, 1.54) is 24.8 Å². The summed E-state index contributed by atoms with van der Waals surface area (Å²) in [5.74, 6) is 0. The van der Waals surface area contributed by atoms with E-state index in [0.29, 0.717) is 0 Å². The summed E-state index contributed by atoms with van der Waals surface area (Å²) >= 11 is 5.94. The number of hydrogen-bond donors (Lipinski definition) is 2. The molecule has 0 spiro atoms. The Morgan fingerprint density at radius 2 is 1.50 bits per heavy atom. The van der Waals surface area contributed by atoms with Crippen LogP contribution in [0.3, 0.4) is 0 Å². The summed E-state index contributed by atoms with van der Waals surface area (Å²) in [5, 5.41) is 6.71. The van der Waals surface area contributed by atoms with E-state index in [2.05, 4.69) is 39.5 Å². The second-order valence-electron chi connectivity index (χ2n) is 7.66. The molecule has 1 heterocycles. The van der Waals surface area contributed by atoms with Crippen molar-refractivity contribution in [1.82, 2.24) is 20.4 Å². The Morgan fingerprint density at radius 1 is 0.893 bits per heavy atom. The maximum atomic E-state index is 11.7. The maximum absolute atomic E-state index is 11.7. The number of nitrogens with zero attached hydrogens (tertiary/aromatic N) is 2. The van der Waals surface area contributed by atoms with Crippen molar-refractivity contribution in [3.05, 3.63) is 34.9 Å². The number of nitrogens with one attached hydrogen (secondary N) is 2. The first-order valence-electron chi connectivity index (χ1n) is 10.9. The first-order chi connectivity index (χ1) is 13.7. The smallest absolute Gasteiger partial charge is 0.314 e. The molecule has 0 unspecified atom stereocenters.